The van der Waals surface area contributed by atoms with E-state index in [-0.39, 0.29) is 10.9 Å². The number of anilines is 1. The number of rotatable bonds is 7. The van der Waals surface area contributed by atoms with Crippen LogP contribution in [0.25, 0.3) is 11.3 Å². The van der Waals surface area contributed by atoms with Crippen LogP contribution in [0.2, 0.25) is 0 Å². The molecule has 2 aromatic heterocycles. The highest BCUT2D eigenvalue weighted by molar-refractivity contribution is 7.89. The highest BCUT2D eigenvalue weighted by atomic mass is 32.2. The molecule has 3 aromatic rings. The van der Waals surface area contributed by atoms with E-state index in [2.05, 4.69) is 20.6 Å². The van der Waals surface area contributed by atoms with Crippen LogP contribution in [0.5, 0.6) is 0 Å². The molecule has 4 N–H and O–H groups in total. The van der Waals surface area contributed by atoms with E-state index in [0.29, 0.717) is 12.2 Å². The molecular weight excluding hydrogens is 398 g/mol. The van der Waals surface area contributed by atoms with Gasteiger partial charge in [-0.05, 0) is 42.8 Å². The SMILES string of the molecule is NS(=O)(=O)c1ccc(NC(=O)NCCCc2nc(-c3ccncc3)cs2)cc1. The number of amides is 2. The Bertz CT molecular complexity index is 1030. The first-order chi connectivity index (χ1) is 13.4. The fraction of sp³-hybridized carbons (Fsp3) is 0.167. The number of carbonyl (C=O) groups is 1. The van der Waals surface area contributed by atoms with E-state index >= 15 is 0 Å². The standard InChI is InChI=1S/C18H19N5O3S2/c19-28(25,26)15-5-3-14(4-6-15)22-18(24)21-9-1-2-17-23-16(12-27-17)13-7-10-20-11-8-13/h3-8,10-12H,1-2,9H2,(H2,19,25,26)(H2,21,22,24). The molecule has 0 atom stereocenters. The minimum atomic E-state index is -3.74. The lowest BCUT2D eigenvalue weighted by molar-refractivity contribution is 0.252. The van der Waals surface area contributed by atoms with Gasteiger partial charge in [0.05, 0.1) is 15.6 Å². The predicted octanol–water partition coefficient (Wildman–Crippen LogP) is 2.61. The summed E-state index contributed by atoms with van der Waals surface area (Å²) in [5, 5.41) is 13.5. The second-order valence-electron chi connectivity index (χ2n) is 5.92. The molecule has 0 saturated carbocycles. The highest BCUT2D eigenvalue weighted by Crippen LogP contribution is 2.21. The van der Waals surface area contributed by atoms with E-state index in [4.69, 9.17) is 5.14 Å². The summed E-state index contributed by atoms with van der Waals surface area (Å²) in [5.74, 6) is 0. The second kappa shape index (κ2) is 8.91. The zero-order valence-electron chi connectivity index (χ0n) is 14.8. The Morgan fingerprint density at radius 2 is 1.82 bits per heavy atom. The van der Waals surface area contributed by atoms with Crippen molar-refractivity contribution in [3.63, 3.8) is 0 Å². The third-order valence-corrected chi connectivity index (χ3v) is 5.66. The van der Waals surface area contributed by atoms with Crippen LogP contribution in [0.3, 0.4) is 0 Å². The molecule has 2 heterocycles. The molecule has 2 amide bonds. The van der Waals surface area contributed by atoms with E-state index in [0.717, 1.165) is 29.1 Å². The molecule has 0 bridgehead atoms. The number of primary sulfonamides is 1. The van der Waals surface area contributed by atoms with Gasteiger partial charge in [-0.2, -0.15) is 0 Å². The maximum Gasteiger partial charge on any atom is 0.319 e. The van der Waals surface area contributed by atoms with Crippen LogP contribution >= 0.6 is 11.3 Å². The second-order valence-corrected chi connectivity index (χ2v) is 8.42. The molecule has 0 saturated heterocycles. The molecule has 0 radical (unpaired) electrons. The van der Waals surface area contributed by atoms with Gasteiger partial charge in [0.1, 0.15) is 0 Å². The number of aromatic nitrogens is 2. The summed E-state index contributed by atoms with van der Waals surface area (Å²) in [6.07, 6.45) is 4.99. The number of nitrogens with zero attached hydrogens (tertiary/aromatic N) is 2. The average Bonchev–Trinajstić information content (AvgIpc) is 3.15. The van der Waals surface area contributed by atoms with Crippen molar-refractivity contribution < 1.29 is 13.2 Å². The van der Waals surface area contributed by atoms with Crippen LogP contribution in [0.1, 0.15) is 11.4 Å². The lowest BCUT2D eigenvalue weighted by Gasteiger charge is -2.07. The first-order valence-electron chi connectivity index (χ1n) is 8.44. The molecule has 0 aliphatic rings. The van der Waals surface area contributed by atoms with Gasteiger partial charge < -0.3 is 10.6 Å². The Kier molecular flexibility index (Phi) is 6.34. The van der Waals surface area contributed by atoms with Crippen molar-refractivity contribution in [3.05, 3.63) is 59.2 Å². The number of carbonyl (C=O) groups excluding carboxylic acids is 1. The third-order valence-electron chi connectivity index (χ3n) is 3.82. The van der Waals surface area contributed by atoms with Gasteiger partial charge in [-0.1, -0.05) is 0 Å². The summed E-state index contributed by atoms with van der Waals surface area (Å²) in [6, 6.07) is 9.12. The zero-order valence-corrected chi connectivity index (χ0v) is 16.5. The van der Waals surface area contributed by atoms with Crippen LogP contribution < -0.4 is 15.8 Å². The van der Waals surface area contributed by atoms with Crippen molar-refractivity contribution in [3.8, 4) is 11.3 Å². The fourth-order valence-corrected chi connectivity index (χ4v) is 3.79. The number of pyridine rings is 1. The van der Waals surface area contributed by atoms with Crippen molar-refractivity contribution in [1.82, 2.24) is 15.3 Å². The first-order valence-corrected chi connectivity index (χ1v) is 10.9. The average molecular weight is 418 g/mol. The topological polar surface area (TPSA) is 127 Å². The summed E-state index contributed by atoms with van der Waals surface area (Å²) < 4.78 is 22.4. The number of benzene rings is 1. The summed E-state index contributed by atoms with van der Waals surface area (Å²) in [6.45, 7) is 0.491. The van der Waals surface area contributed by atoms with Crippen molar-refractivity contribution in [2.45, 2.75) is 17.7 Å². The smallest absolute Gasteiger partial charge is 0.319 e. The molecule has 0 spiro atoms. The lowest BCUT2D eigenvalue weighted by Crippen LogP contribution is -2.29. The number of aryl methyl sites for hydroxylation is 1. The Hall–Kier alpha value is -2.82. The van der Waals surface area contributed by atoms with Gasteiger partial charge in [0.15, 0.2) is 0 Å². The number of urea groups is 1. The zero-order chi connectivity index (χ0) is 20.0. The van der Waals surface area contributed by atoms with Crippen molar-refractivity contribution in [2.24, 2.45) is 5.14 Å². The van der Waals surface area contributed by atoms with Crippen LogP contribution in [0.15, 0.2) is 59.1 Å². The Morgan fingerprint density at radius 3 is 2.50 bits per heavy atom. The minimum absolute atomic E-state index is 0.00644. The number of nitrogens with one attached hydrogen (secondary N) is 2. The van der Waals surface area contributed by atoms with E-state index in [1.54, 1.807) is 23.7 Å². The monoisotopic (exact) mass is 417 g/mol. The van der Waals surface area contributed by atoms with Gasteiger partial charge in [0.25, 0.3) is 0 Å². The molecule has 0 fully saturated rings. The lowest BCUT2D eigenvalue weighted by atomic mass is 10.2. The molecular formula is C18H19N5O3S2. The predicted molar refractivity (Wildman–Crippen MR) is 109 cm³/mol. The Balaban J connectivity index is 1.42. The van der Waals surface area contributed by atoms with E-state index in [1.165, 1.54) is 24.3 Å². The van der Waals surface area contributed by atoms with Gasteiger partial charge >= 0.3 is 6.03 Å². The quantitative estimate of drug-likeness (QED) is 0.509. The molecule has 0 aliphatic carbocycles. The van der Waals surface area contributed by atoms with Gasteiger partial charge in [0, 0.05) is 42.0 Å². The molecule has 0 unspecified atom stereocenters. The van der Waals surface area contributed by atoms with Gasteiger partial charge in [0.2, 0.25) is 10.0 Å². The van der Waals surface area contributed by atoms with E-state index in [9.17, 15) is 13.2 Å². The molecule has 0 aliphatic heterocycles. The normalized spacial score (nSPS) is 11.2. The van der Waals surface area contributed by atoms with Gasteiger partial charge in [-0.25, -0.2) is 23.3 Å². The molecule has 28 heavy (non-hydrogen) atoms. The summed E-state index contributed by atoms with van der Waals surface area (Å²) >= 11 is 1.59. The third kappa shape index (κ3) is 5.59. The maximum absolute atomic E-state index is 11.9. The highest BCUT2D eigenvalue weighted by Gasteiger charge is 2.08. The fourth-order valence-electron chi connectivity index (χ4n) is 2.43. The van der Waals surface area contributed by atoms with Crippen molar-refractivity contribution in [2.75, 3.05) is 11.9 Å². The van der Waals surface area contributed by atoms with Gasteiger partial charge in [-0.3, -0.25) is 4.98 Å². The number of sulfonamides is 1. The van der Waals surface area contributed by atoms with E-state index in [1.807, 2.05) is 17.5 Å². The minimum Gasteiger partial charge on any atom is -0.338 e. The van der Waals surface area contributed by atoms with Crippen LogP contribution in [0, 0.1) is 0 Å². The largest absolute Gasteiger partial charge is 0.338 e. The molecule has 10 heteroatoms. The summed E-state index contributed by atoms with van der Waals surface area (Å²) in [4.78, 5) is 20.5. The number of hydrogen-bond donors (Lipinski definition) is 3. The van der Waals surface area contributed by atoms with Crippen molar-refractivity contribution in [1.29, 1.82) is 0 Å². The van der Waals surface area contributed by atoms with E-state index < -0.39 is 10.0 Å². The van der Waals surface area contributed by atoms with Crippen LogP contribution in [-0.2, 0) is 16.4 Å². The number of thiazole rings is 1. The first kappa shape index (κ1) is 19.9. The Morgan fingerprint density at radius 1 is 1.11 bits per heavy atom. The van der Waals surface area contributed by atoms with Crippen molar-refractivity contribution >= 4 is 33.1 Å². The number of hydrogen-bond acceptors (Lipinski definition) is 6. The van der Waals surface area contributed by atoms with Crippen LogP contribution in [-0.4, -0.2) is 31.0 Å². The van der Waals surface area contributed by atoms with Gasteiger partial charge in [-0.15, -0.1) is 11.3 Å². The molecule has 146 valence electrons. The summed E-state index contributed by atoms with van der Waals surface area (Å²) in [7, 11) is -3.74. The summed E-state index contributed by atoms with van der Waals surface area (Å²) in [5.41, 5.74) is 2.44. The Labute approximate surface area is 166 Å². The maximum atomic E-state index is 11.9. The molecule has 1 aromatic carbocycles. The number of nitrogens with two attached hydrogens (primary N) is 1. The molecule has 3 rings (SSSR count). The molecule has 8 nitrogen and oxygen atoms in total. The van der Waals surface area contributed by atoms with Crippen LogP contribution in [0.4, 0.5) is 10.5 Å².